The molecule has 1 unspecified atom stereocenters. The summed E-state index contributed by atoms with van der Waals surface area (Å²) in [5, 5.41) is 13.9. The maximum atomic E-state index is 14.4. The van der Waals surface area contributed by atoms with Crippen LogP contribution in [0, 0.1) is 33.8 Å². The van der Waals surface area contributed by atoms with E-state index in [0.29, 0.717) is 19.1 Å². The van der Waals surface area contributed by atoms with Crippen molar-refractivity contribution < 1.29 is 24.0 Å². The molecule has 2 heterocycles. The van der Waals surface area contributed by atoms with Crippen LogP contribution in [0.15, 0.2) is 97.1 Å². The highest BCUT2D eigenvalue weighted by atomic mass is 16.7. The molecule has 12 rings (SSSR count). The molecule has 51 heavy (non-hydrogen) atoms. The predicted octanol–water partition coefficient (Wildman–Crippen LogP) is 7.02. The largest absolute Gasteiger partial charge is 0.352 e. The number of carbonyl (C=O) groups is 2. The van der Waals surface area contributed by atoms with Crippen molar-refractivity contribution in [2.75, 3.05) is 18.3 Å². The molecule has 2 fully saturated rings. The lowest BCUT2D eigenvalue weighted by Crippen LogP contribution is -2.48. The Kier molecular flexibility index (Phi) is 6.04. The molecular weight excluding hydrogens is 640 g/mol. The van der Waals surface area contributed by atoms with Gasteiger partial charge in [0.05, 0.1) is 29.1 Å². The number of nitro benzene ring substituents is 1. The number of imide groups is 1. The van der Waals surface area contributed by atoms with Crippen molar-refractivity contribution in [2.45, 2.75) is 43.1 Å². The Hall–Kier alpha value is -5.18. The number of rotatable bonds is 2. The van der Waals surface area contributed by atoms with Crippen molar-refractivity contribution in [3.05, 3.63) is 152 Å². The first-order valence-corrected chi connectivity index (χ1v) is 18.0. The topological polar surface area (TPSA) is 99.0 Å². The fraction of sp³-hybridized carbons (Fsp3) is 0.302. The van der Waals surface area contributed by atoms with Crippen LogP contribution in [-0.2, 0) is 44.7 Å². The molecule has 2 amide bonds. The molecule has 0 aromatic heterocycles. The lowest BCUT2D eigenvalue weighted by molar-refractivity contribution is -0.384. The molecule has 7 atom stereocenters. The summed E-state index contributed by atoms with van der Waals surface area (Å²) in [5.74, 6) is -1.60. The molecule has 0 radical (unpaired) electrons. The van der Waals surface area contributed by atoms with Crippen LogP contribution in [0.25, 0.3) is 10.8 Å². The van der Waals surface area contributed by atoms with Gasteiger partial charge in [-0.3, -0.25) is 19.7 Å². The molecule has 0 saturated carbocycles. The molecular formula is C43H34N2O6. The van der Waals surface area contributed by atoms with E-state index in [4.69, 9.17) is 9.47 Å². The molecule has 7 aliphatic rings. The first-order valence-electron chi connectivity index (χ1n) is 18.0. The lowest BCUT2D eigenvalue weighted by Gasteiger charge is -2.46. The second kappa shape index (κ2) is 10.4. The molecule has 1 spiro atoms. The summed E-state index contributed by atoms with van der Waals surface area (Å²) in [6.07, 6.45) is 3.52. The number of fused-ring (bicyclic) bond motifs is 3. The fourth-order valence-electron chi connectivity index (χ4n) is 11.0. The van der Waals surface area contributed by atoms with Crippen LogP contribution in [-0.4, -0.2) is 35.7 Å². The van der Waals surface area contributed by atoms with Crippen molar-refractivity contribution in [3.63, 3.8) is 0 Å². The van der Waals surface area contributed by atoms with Gasteiger partial charge in [-0.15, -0.1) is 0 Å². The van der Waals surface area contributed by atoms with Crippen LogP contribution < -0.4 is 4.90 Å². The number of carbonyl (C=O) groups excluding carboxylic acids is 2. The maximum Gasteiger partial charge on any atom is 0.269 e. The Morgan fingerprint density at radius 1 is 0.647 bits per heavy atom. The predicted molar refractivity (Wildman–Crippen MR) is 190 cm³/mol. The summed E-state index contributed by atoms with van der Waals surface area (Å²) in [4.78, 5) is 41.0. The van der Waals surface area contributed by atoms with Gasteiger partial charge in [0.25, 0.3) is 5.69 Å². The lowest BCUT2D eigenvalue weighted by atomic mass is 9.54. The summed E-state index contributed by atoms with van der Waals surface area (Å²) >= 11 is 0. The van der Waals surface area contributed by atoms with Crippen LogP contribution in [0.5, 0.6) is 0 Å². The Bertz CT molecular complexity index is 2230. The molecule has 5 aliphatic carbocycles. The van der Waals surface area contributed by atoms with E-state index in [1.807, 2.05) is 12.1 Å². The number of non-ortho nitro benzene ring substituents is 1. The zero-order chi connectivity index (χ0) is 34.2. The normalized spacial score (nSPS) is 29.6. The quantitative estimate of drug-likeness (QED) is 0.113. The van der Waals surface area contributed by atoms with Crippen molar-refractivity contribution in [3.8, 4) is 0 Å². The molecule has 8 nitrogen and oxygen atoms in total. The third kappa shape index (κ3) is 3.97. The summed E-state index contributed by atoms with van der Waals surface area (Å²) in [5.41, 5.74) is 9.89. The first-order chi connectivity index (χ1) is 24.9. The SMILES string of the molecule is O=C1[C@@H]2[C@H]3c4ccccc4[C@H](c4cc5c(cc43)C[C@H]3Cc4cc6ccccc6cc4C[C@@H](C5)C34COCO4)[C@@H]2C(=O)N1c1ccc([N+](=O)[O-])cc1. The van der Waals surface area contributed by atoms with Crippen LogP contribution >= 0.6 is 0 Å². The van der Waals surface area contributed by atoms with Gasteiger partial charge in [-0.1, -0.05) is 72.8 Å². The van der Waals surface area contributed by atoms with E-state index < -0.39 is 16.8 Å². The standard InChI is InChI=1S/C43H34N2O6/c46-41-39-37-33-7-3-4-8-34(33)38(40(39)42(47)44(41)31-9-11-32(12-10-31)45(48)49)36-20-28-18-30-16-26-14-24-6-2-1-5-23(24)13-25(26)15-29(17-27(28)19-35(36)37)43(30)21-50-22-51-43/h1-14,19-20,29-30,37-40H,15-18,21-22H2/t29-,30+,37+,38-,39-,40+,43?. The Morgan fingerprint density at radius 2 is 1.14 bits per heavy atom. The summed E-state index contributed by atoms with van der Waals surface area (Å²) in [6.45, 7) is 0.905. The number of amides is 2. The van der Waals surface area contributed by atoms with E-state index in [0.717, 1.165) is 47.9 Å². The number of hydrogen-bond acceptors (Lipinski definition) is 6. The van der Waals surface area contributed by atoms with Crippen LogP contribution in [0.2, 0.25) is 0 Å². The van der Waals surface area contributed by atoms with E-state index in [9.17, 15) is 19.7 Å². The number of ether oxygens (including phenoxy) is 2. The summed E-state index contributed by atoms with van der Waals surface area (Å²) in [7, 11) is 0. The van der Waals surface area contributed by atoms with Crippen LogP contribution in [0.1, 0.15) is 56.3 Å². The summed E-state index contributed by atoms with van der Waals surface area (Å²) in [6, 6.07) is 32.2. The van der Waals surface area contributed by atoms with E-state index in [1.54, 1.807) is 0 Å². The zero-order valence-corrected chi connectivity index (χ0v) is 27.8. The molecule has 2 saturated heterocycles. The van der Waals surface area contributed by atoms with Gasteiger partial charge < -0.3 is 9.47 Å². The molecule has 4 bridgehead atoms. The maximum absolute atomic E-state index is 14.4. The highest BCUT2D eigenvalue weighted by Crippen LogP contribution is 2.62. The van der Waals surface area contributed by atoms with E-state index in [-0.39, 0.29) is 46.8 Å². The van der Waals surface area contributed by atoms with Gasteiger partial charge >= 0.3 is 0 Å². The van der Waals surface area contributed by atoms with Gasteiger partial charge in [0, 0.05) is 24.0 Å². The zero-order valence-electron chi connectivity index (χ0n) is 27.8. The van der Waals surface area contributed by atoms with Crippen LogP contribution in [0.4, 0.5) is 11.4 Å². The molecule has 8 heteroatoms. The molecule has 0 N–H and O–H groups in total. The number of nitrogens with zero attached hydrogens (tertiary/aromatic N) is 2. The third-order valence-electron chi connectivity index (χ3n) is 13.2. The van der Waals surface area contributed by atoms with E-state index >= 15 is 0 Å². The number of anilines is 1. The second-order valence-corrected chi connectivity index (χ2v) is 15.4. The minimum Gasteiger partial charge on any atom is -0.352 e. The van der Waals surface area contributed by atoms with Crippen molar-refractivity contribution in [2.24, 2.45) is 23.7 Å². The fourth-order valence-corrected chi connectivity index (χ4v) is 11.0. The van der Waals surface area contributed by atoms with Crippen molar-refractivity contribution in [1.82, 2.24) is 0 Å². The summed E-state index contributed by atoms with van der Waals surface area (Å²) < 4.78 is 12.8. The van der Waals surface area contributed by atoms with Gasteiger partial charge in [0.15, 0.2) is 0 Å². The molecule has 252 valence electrons. The number of nitro groups is 1. The van der Waals surface area contributed by atoms with Crippen LogP contribution in [0.3, 0.4) is 0 Å². The third-order valence-corrected chi connectivity index (χ3v) is 13.2. The Morgan fingerprint density at radius 3 is 1.61 bits per heavy atom. The average molecular weight is 675 g/mol. The van der Waals surface area contributed by atoms with Gasteiger partial charge in [-0.05, 0) is 105 Å². The Balaban J connectivity index is 1.04. The van der Waals surface area contributed by atoms with Gasteiger partial charge in [-0.2, -0.15) is 0 Å². The van der Waals surface area contributed by atoms with Crippen molar-refractivity contribution in [1.29, 1.82) is 0 Å². The highest BCUT2D eigenvalue weighted by molar-refractivity contribution is 6.23. The second-order valence-electron chi connectivity index (χ2n) is 15.4. The number of benzene rings is 5. The molecule has 5 aromatic rings. The molecule has 5 aromatic carbocycles. The minimum atomic E-state index is -0.538. The number of hydrogen-bond donors (Lipinski definition) is 0. The first kappa shape index (κ1) is 29.5. The average Bonchev–Trinajstić information content (AvgIpc) is 3.69. The van der Waals surface area contributed by atoms with E-state index in [1.165, 1.54) is 62.2 Å². The van der Waals surface area contributed by atoms with Crippen molar-refractivity contribution >= 4 is 34.0 Å². The Labute approximate surface area is 294 Å². The van der Waals surface area contributed by atoms with Gasteiger partial charge in [0.1, 0.15) is 12.4 Å². The van der Waals surface area contributed by atoms with Gasteiger partial charge in [0.2, 0.25) is 11.8 Å². The smallest absolute Gasteiger partial charge is 0.269 e. The molecule has 2 aliphatic heterocycles. The minimum absolute atomic E-state index is 0.0788. The van der Waals surface area contributed by atoms with Gasteiger partial charge in [-0.25, -0.2) is 4.90 Å². The van der Waals surface area contributed by atoms with E-state index in [2.05, 4.69) is 60.7 Å². The monoisotopic (exact) mass is 674 g/mol. The highest BCUT2D eigenvalue weighted by Gasteiger charge is 2.62.